The Morgan fingerprint density at radius 2 is 1.88 bits per heavy atom. The van der Waals surface area contributed by atoms with Gasteiger partial charge in [0.05, 0.1) is 5.52 Å². The van der Waals surface area contributed by atoms with Crippen LogP contribution in [0, 0.1) is 6.92 Å². The van der Waals surface area contributed by atoms with Crippen LogP contribution >= 0.6 is 15.9 Å². The first-order valence-corrected chi connectivity index (χ1v) is 5.18. The van der Waals surface area contributed by atoms with Gasteiger partial charge in [-0.2, -0.15) is 13.2 Å². The molecule has 0 fully saturated rings. The summed E-state index contributed by atoms with van der Waals surface area (Å²) in [5.41, 5.74) is 0.227. The van der Waals surface area contributed by atoms with Crippen LogP contribution in [0.15, 0.2) is 22.9 Å². The summed E-state index contributed by atoms with van der Waals surface area (Å²) in [5, 5.41) is 0.0151. The number of rotatable bonds is 0. The molecule has 2 rings (SSSR count). The van der Waals surface area contributed by atoms with Crippen LogP contribution < -0.4 is 0 Å². The van der Waals surface area contributed by atoms with E-state index >= 15 is 0 Å². The second-order valence-corrected chi connectivity index (χ2v) is 4.07. The molecular weight excluding hydrogens is 285 g/mol. The highest BCUT2D eigenvalue weighted by Crippen LogP contribution is 2.33. The molecule has 0 unspecified atom stereocenters. The van der Waals surface area contributed by atoms with Gasteiger partial charge in [0.25, 0.3) is 0 Å². The Labute approximate surface area is 97.6 Å². The number of benzene rings is 1. The lowest BCUT2D eigenvalue weighted by Crippen LogP contribution is -2.10. The van der Waals surface area contributed by atoms with Crippen molar-refractivity contribution in [3.63, 3.8) is 0 Å². The van der Waals surface area contributed by atoms with Gasteiger partial charge < -0.3 is 0 Å². The van der Waals surface area contributed by atoms with Crippen LogP contribution in [-0.2, 0) is 6.18 Å². The quantitative estimate of drug-likeness (QED) is 0.691. The van der Waals surface area contributed by atoms with Crippen LogP contribution in [0.3, 0.4) is 0 Å². The number of hydrogen-bond acceptors (Lipinski definition) is 2. The molecular formula is C10H6BrF3N2. The first-order valence-electron chi connectivity index (χ1n) is 4.39. The van der Waals surface area contributed by atoms with Crippen molar-refractivity contribution in [3.05, 3.63) is 34.2 Å². The van der Waals surface area contributed by atoms with Gasteiger partial charge in [0.2, 0.25) is 0 Å². The Hall–Kier alpha value is -1.17. The molecule has 2 aromatic rings. The van der Waals surface area contributed by atoms with Gasteiger partial charge in [-0.05, 0) is 34.5 Å². The van der Waals surface area contributed by atoms with Crippen molar-refractivity contribution in [2.75, 3.05) is 0 Å². The maximum Gasteiger partial charge on any atom is 0.434 e. The highest BCUT2D eigenvalue weighted by Gasteiger charge is 2.35. The number of halogens is 4. The third-order valence-corrected chi connectivity index (χ3v) is 2.45. The molecule has 0 bridgehead atoms. The standard InChI is InChI=1S/C10H6BrF3N2/c1-5-2-3-6-7(4-5)15-9(11)16-8(6)10(12,13)14/h2-4H,1H3. The average Bonchev–Trinajstić information content (AvgIpc) is 2.14. The first kappa shape index (κ1) is 11.3. The predicted molar refractivity (Wildman–Crippen MR) is 57.0 cm³/mol. The van der Waals surface area contributed by atoms with Crippen molar-refractivity contribution >= 4 is 26.8 Å². The minimum atomic E-state index is -4.47. The zero-order valence-electron chi connectivity index (χ0n) is 8.14. The molecule has 0 saturated heterocycles. The maximum atomic E-state index is 12.7. The molecule has 0 aliphatic carbocycles. The summed E-state index contributed by atoms with van der Waals surface area (Å²) < 4.78 is 38.0. The van der Waals surface area contributed by atoms with Crippen LogP contribution in [-0.4, -0.2) is 9.97 Å². The Bertz CT molecular complexity index is 546. The van der Waals surface area contributed by atoms with Crippen LogP contribution in [0.5, 0.6) is 0 Å². The van der Waals surface area contributed by atoms with Gasteiger partial charge in [-0.15, -0.1) is 0 Å². The average molecular weight is 291 g/mol. The number of aryl methyl sites for hydroxylation is 1. The van der Waals surface area contributed by atoms with E-state index in [0.29, 0.717) is 0 Å². The molecule has 0 aliphatic heterocycles. The van der Waals surface area contributed by atoms with Gasteiger partial charge in [0.1, 0.15) is 0 Å². The summed E-state index contributed by atoms with van der Waals surface area (Å²) in [4.78, 5) is 7.30. The normalized spacial score (nSPS) is 12.1. The molecule has 0 atom stereocenters. The van der Waals surface area contributed by atoms with E-state index in [-0.39, 0.29) is 15.6 Å². The smallest absolute Gasteiger partial charge is 0.222 e. The zero-order chi connectivity index (χ0) is 11.9. The van der Waals surface area contributed by atoms with E-state index in [9.17, 15) is 13.2 Å². The Kier molecular flexibility index (Phi) is 2.61. The van der Waals surface area contributed by atoms with E-state index < -0.39 is 11.9 Å². The van der Waals surface area contributed by atoms with Crippen molar-refractivity contribution in [2.24, 2.45) is 0 Å². The number of hydrogen-bond donors (Lipinski definition) is 0. The SMILES string of the molecule is Cc1ccc2c(C(F)(F)F)nc(Br)nc2c1. The van der Waals surface area contributed by atoms with Gasteiger partial charge in [0, 0.05) is 5.39 Å². The van der Waals surface area contributed by atoms with E-state index in [1.807, 2.05) is 0 Å². The Morgan fingerprint density at radius 3 is 2.50 bits per heavy atom. The predicted octanol–water partition coefficient (Wildman–Crippen LogP) is 3.72. The second kappa shape index (κ2) is 3.69. The molecule has 0 radical (unpaired) electrons. The largest absolute Gasteiger partial charge is 0.434 e. The van der Waals surface area contributed by atoms with Gasteiger partial charge >= 0.3 is 6.18 Å². The van der Waals surface area contributed by atoms with E-state index in [4.69, 9.17) is 0 Å². The van der Waals surface area contributed by atoms with Gasteiger partial charge in [-0.25, -0.2) is 9.97 Å². The van der Waals surface area contributed by atoms with E-state index in [2.05, 4.69) is 25.9 Å². The molecule has 1 heterocycles. The number of alkyl halides is 3. The lowest BCUT2D eigenvalue weighted by Gasteiger charge is -2.09. The molecule has 84 valence electrons. The Morgan fingerprint density at radius 1 is 1.19 bits per heavy atom. The lowest BCUT2D eigenvalue weighted by atomic mass is 10.1. The molecule has 1 aromatic carbocycles. The number of aromatic nitrogens is 2. The third-order valence-electron chi connectivity index (χ3n) is 2.09. The molecule has 0 N–H and O–H groups in total. The van der Waals surface area contributed by atoms with Crippen LogP contribution in [0.4, 0.5) is 13.2 Å². The van der Waals surface area contributed by atoms with Crippen LogP contribution in [0.25, 0.3) is 10.9 Å². The molecule has 2 nitrogen and oxygen atoms in total. The Balaban J connectivity index is 2.83. The summed E-state index contributed by atoms with van der Waals surface area (Å²) in [7, 11) is 0. The molecule has 0 spiro atoms. The third kappa shape index (κ3) is 2.02. The van der Waals surface area contributed by atoms with Crippen LogP contribution in [0.2, 0.25) is 0 Å². The molecule has 0 aliphatic rings. The summed E-state index contributed by atoms with van der Waals surface area (Å²) in [6, 6.07) is 4.59. The van der Waals surface area contributed by atoms with Crippen molar-refractivity contribution < 1.29 is 13.2 Å². The second-order valence-electron chi connectivity index (χ2n) is 3.36. The van der Waals surface area contributed by atoms with Crippen molar-refractivity contribution in [1.29, 1.82) is 0 Å². The topological polar surface area (TPSA) is 25.8 Å². The molecule has 1 aromatic heterocycles. The maximum absolute atomic E-state index is 12.7. The molecule has 16 heavy (non-hydrogen) atoms. The van der Waals surface area contributed by atoms with Gasteiger partial charge in [-0.1, -0.05) is 12.1 Å². The summed E-state index contributed by atoms with van der Waals surface area (Å²) >= 11 is 2.88. The minimum Gasteiger partial charge on any atom is -0.222 e. The van der Waals surface area contributed by atoms with Crippen molar-refractivity contribution in [2.45, 2.75) is 13.1 Å². The fourth-order valence-electron chi connectivity index (χ4n) is 1.43. The highest BCUT2D eigenvalue weighted by atomic mass is 79.9. The first-order chi connectivity index (χ1) is 7.38. The lowest BCUT2D eigenvalue weighted by molar-refractivity contribution is -0.139. The molecule has 6 heteroatoms. The number of fused-ring (bicyclic) bond motifs is 1. The van der Waals surface area contributed by atoms with E-state index in [0.717, 1.165) is 5.56 Å². The van der Waals surface area contributed by atoms with Gasteiger partial charge in [-0.3, -0.25) is 0 Å². The fourth-order valence-corrected chi connectivity index (χ4v) is 1.80. The summed E-state index contributed by atoms with van der Waals surface area (Å²) in [6.45, 7) is 1.79. The monoisotopic (exact) mass is 290 g/mol. The summed E-state index contributed by atoms with van der Waals surface area (Å²) in [5.74, 6) is 0. The van der Waals surface area contributed by atoms with E-state index in [1.165, 1.54) is 6.07 Å². The zero-order valence-corrected chi connectivity index (χ0v) is 9.72. The summed E-state index contributed by atoms with van der Waals surface area (Å²) in [6.07, 6.45) is -4.47. The van der Waals surface area contributed by atoms with Gasteiger partial charge in [0.15, 0.2) is 10.4 Å². The molecule has 0 saturated carbocycles. The minimum absolute atomic E-state index is 0.0151. The highest BCUT2D eigenvalue weighted by molar-refractivity contribution is 9.10. The van der Waals surface area contributed by atoms with Crippen molar-refractivity contribution in [1.82, 2.24) is 9.97 Å². The number of nitrogens with zero attached hydrogens (tertiary/aromatic N) is 2. The fraction of sp³-hybridized carbons (Fsp3) is 0.200. The van der Waals surface area contributed by atoms with Crippen molar-refractivity contribution in [3.8, 4) is 0 Å². The molecule has 0 amide bonds. The van der Waals surface area contributed by atoms with Crippen LogP contribution in [0.1, 0.15) is 11.3 Å². The van der Waals surface area contributed by atoms with E-state index in [1.54, 1.807) is 19.1 Å².